The van der Waals surface area contributed by atoms with E-state index in [2.05, 4.69) is 49.3 Å². The lowest BCUT2D eigenvalue weighted by atomic mass is 10.1. The molecular formula is C33H49N3O4. The van der Waals surface area contributed by atoms with Gasteiger partial charge in [-0.3, -0.25) is 10.2 Å². The first kappa shape index (κ1) is 31.3. The van der Waals surface area contributed by atoms with Crippen molar-refractivity contribution in [2.45, 2.75) is 72.1 Å². The largest absolute Gasteiger partial charge is 0.493 e. The molecule has 0 saturated carbocycles. The van der Waals surface area contributed by atoms with Crippen LogP contribution in [0.4, 0.5) is 5.69 Å². The molecule has 0 unspecified atom stereocenters. The van der Waals surface area contributed by atoms with Crippen LogP contribution in [-0.2, 0) is 4.79 Å². The molecule has 40 heavy (non-hydrogen) atoms. The third-order valence-corrected chi connectivity index (χ3v) is 7.62. The van der Waals surface area contributed by atoms with Gasteiger partial charge in [0.25, 0.3) is 5.91 Å². The van der Waals surface area contributed by atoms with Gasteiger partial charge < -0.3 is 19.1 Å². The molecule has 7 nitrogen and oxygen atoms in total. The van der Waals surface area contributed by atoms with Crippen molar-refractivity contribution in [3.63, 3.8) is 0 Å². The minimum Gasteiger partial charge on any atom is -0.493 e. The Morgan fingerprint density at radius 3 is 2.15 bits per heavy atom. The monoisotopic (exact) mass is 551 g/mol. The van der Waals surface area contributed by atoms with Crippen LogP contribution in [0.5, 0.6) is 17.2 Å². The Kier molecular flexibility index (Phi) is 13.2. The molecule has 2 aromatic carbocycles. The van der Waals surface area contributed by atoms with Crippen molar-refractivity contribution < 1.29 is 19.0 Å². The predicted molar refractivity (Wildman–Crippen MR) is 165 cm³/mol. The van der Waals surface area contributed by atoms with Crippen LogP contribution in [0.15, 0.2) is 36.4 Å². The van der Waals surface area contributed by atoms with E-state index in [4.69, 9.17) is 14.2 Å². The molecule has 0 bridgehead atoms. The Hall–Kier alpha value is -3.19. The van der Waals surface area contributed by atoms with Gasteiger partial charge in [-0.2, -0.15) is 0 Å². The summed E-state index contributed by atoms with van der Waals surface area (Å²) in [4.78, 5) is 15.1. The lowest BCUT2D eigenvalue weighted by Crippen LogP contribution is -2.53. The summed E-state index contributed by atoms with van der Waals surface area (Å²) in [5, 5.41) is 1.98. The van der Waals surface area contributed by atoms with Crippen molar-refractivity contribution in [3.05, 3.63) is 53.1 Å². The second-order valence-electron chi connectivity index (χ2n) is 10.6. The average Bonchev–Trinajstić information content (AvgIpc) is 2.97. The zero-order valence-corrected chi connectivity index (χ0v) is 25.3. The standard InChI is InChI=1S/C33H49N3O4/c1-6-7-8-9-10-11-12-13-23-40-33-30(38-4)24-28(25-31(33)39-5)17-18-32(37)34-36-21-19-35(20-22-36)29-16-14-15-26(2)27(29)3/h14-18,24-25H,6-13,19-23H2,1-5H3,(H,34,37)/b18-17+. The van der Waals surface area contributed by atoms with E-state index in [1.165, 1.54) is 55.3 Å². The summed E-state index contributed by atoms with van der Waals surface area (Å²) in [6, 6.07) is 10.2. The Morgan fingerprint density at radius 1 is 0.900 bits per heavy atom. The second kappa shape index (κ2) is 16.8. The van der Waals surface area contributed by atoms with Gasteiger partial charge in [0.05, 0.1) is 20.8 Å². The molecule has 3 rings (SSSR count). The summed E-state index contributed by atoms with van der Waals surface area (Å²) in [6.07, 6.45) is 13.3. The Balaban J connectivity index is 1.48. The minimum atomic E-state index is -0.159. The zero-order chi connectivity index (χ0) is 28.7. The smallest absolute Gasteiger partial charge is 0.258 e. The van der Waals surface area contributed by atoms with E-state index in [1.807, 2.05) is 17.1 Å². The van der Waals surface area contributed by atoms with Crippen LogP contribution in [0.1, 0.15) is 75.0 Å². The highest BCUT2D eigenvalue weighted by Gasteiger charge is 2.20. The van der Waals surface area contributed by atoms with Crippen molar-refractivity contribution in [3.8, 4) is 17.2 Å². The lowest BCUT2D eigenvalue weighted by molar-refractivity contribution is -0.121. The van der Waals surface area contributed by atoms with E-state index in [-0.39, 0.29) is 5.91 Å². The third kappa shape index (κ3) is 9.47. The number of hydrazine groups is 1. The summed E-state index contributed by atoms with van der Waals surface area (Å²) in [7, 11) is 3.24. The van der Waals surface area contributed by atoms with Gasteiger partial charge in [0.1, 0.15) is 0 Å². The molecule has 1 N–H and O–H groups in total. The summed E-state index contributed by atoms with van der Waals surface area (Å²) < 4.78 is 17.3. The number of amides is 1. The number of hydrogen-bond donors (Lipinski definition) is 1. The minimum absolute atomic E-state index is 0.159. The van der Waals surface area contributed by atoms with Crippen LogP contribution in [0, 0.1) is 13.8 Å². The van der Waals surface area contributed by atoms with Gasteiger partial charge in [-0.25, -0.2) is 5.01 Å². The van der Waals surface area contributed by atoms with Crippen molar-refractivity contribution in [2.24, 2.45) is 0 Å². The van der Waals surface area contributed by atoms with Gasteiger partial charge >= 0.3 is 0 Å². The molecule has 0 aromatic heterocycles. The molecule has 220 valence electrons. The molecule has 1 amide bonds. The third-order valence-electron chi connectivity index (χ3n) is 7.62. The van der Waals surface area contributed by atoms with Crippen LogP contribution in [0.25, 0.3) is 6.08 Å². The molecule has 1 aliphatic rings. The first-order chi connectivity index (χ1) is 19.5. The SMILES string of the molecule is CCCCCCCCCCOc1c(OC)cc(/C=C/C(=O)NN2CCN(c3cccc(C)c3C)CC2)cc1OC. The van der Waals surface area contributed by atoms with Crippen molar-refractivity contribution >= 4 is 17.7 Å². The van der Waals surface area contributed by atoms with Crippen LogP contribution in [0.2, 0.25) is 0 Å². The molecule has 0 atom stereocenters. The van der Waals surface area contributed by atoms with Gasteiger partial charge in [0.15, 0.2) is 11.5 Å². The number of rotatable bonds is 16. The van der Waals surface area contributed by atoms with Crippen molar-refractivity contribution in [1.29, 1.82) is 0 Å². The second-order valence-corrected chi connectivity index (χ2v) is 10.6. The van der Waals surface area contributed by atoms with E-state index in [0.29, 0.717) is 23.9 Å². The first-order valence-electron chi connectivity index (χ1n) is 14.9. The number of methoxy groups -OCH3 is 2. The van der Waals surface area contributed by atoms with Crippen LogP contribution in [0.3, 0.4) is 0 Å². The summed E-state index contributed by atoms with van der Waals surface area (Å²) in [5.74, 6) is 1.65. The molecule has 0 aliphatic carbocycles. The molecule has 1 fully saturated rings. The van der Waals surface area contributed by atoms with E-state index in [1.54, 1.807) is 26.4 Å². The van der Waals surface area contributed by atoms with Crippen LogP contribution in [-0.4, -0.2) is 57.9 Å². The summed E-state index contributed by atoms with van der Waals surface area (Å²) in [6.45, 7) is 10.4. The van der Waals surface area contributed by atoms with Gasteiger partial charge in [0, 0.05) is 37.9 Å². The molecule has 2 aromatic rings. The van der Waals surface area contributed by atoms with Gasteiger partial charge in [-0.05, 0) is 61.2 Å². The number of unbranched alkanes of at least 4 members (excludes halogenated alkanes) is 7. The maximum absolute atomic E-state index is 12.7. The Labute approximate surface area is 241 Å². The summed E-state index contributed by atoms with van der Waals surface area (Å²) >= 11 is 0. The number of nitrogens with one attached hydrogen (secondary N) is 1. The first-order valence-corrected chi connectivity index (χ1v) is 14.9. The number of aryl methyl sites for hydroxylation is 1. The maximum Gasteiger partial charge on any atom is 0.258 e. The highest BCUT2D eigenvalue weighted by molar-refractivity contribution is 5.91. The number of hydrogen-bond acceptors (Lipinski definition) is 6. The molecular weight excluding hydrogens is 502 g/mol. The van der Waals surface area contributed by atoms with Crippen LogP contribution < -0.4 is 24.5 Å². The van der Waals surface area contributed by atoms with Gasteiger partial charge in [0.2, 0.25) is 5.75 Å². The Morgan fingerprint density at radius 2 is 1.52 bits per heavy atom. The topological polar surface area (TPSA) is 63.3 Å². The molecule has 1 aliphatic heterocycles. The van der Waals surface area contributed by atoms with Gasteiger partial charge in [-0.1, -0.05) is 64.0 Å². The highest BCUT2D eigenvalue weighted by atomic mass is 16.5. The number of ether oxygens (including phenoxy) is 3. The van der Waals surface area contributed by atoms with Gasteiger partial charge in [-0.15, -0.1) is 0 Å². The fraction of sp³-hybridized carbons (Fsp3) is 0.545. The number of benzene rings is 2. The number of nitrogens with zero attached hydrogens (tertiary/aromatic N) is 2. The molecule has 0 radical (unpaired) electrons. The highest BCUT2D eigenvalue weighted by Crippen LogP contribution is 2.39. The molecule has 0 spiro atoms. The number of carbonyl (C=O) groups excluding carboxylic acids is 1. The number of piperazine rings is 1. The maximum atomic E-state index is 12.7. The molecule has 7 heteroatoms. The normalized spacial score (nSPS) is 14.0. The average molecular weight is 552 g/mol. The van der Waals surface area contributed by atoms with E-state index < -0.39 is 0 Å². The van der Waals surface area contributed by atoms with Crippen LogP contribution >= 0.6 is 0 Å². The fourth-order valence-electron chi connectivity index (χ4n) is 5.05. The van der Waals surface area contributed by atoms with Crippen molar-refractivity contribution in [2.75, 3.05) is 51.9 Å². The van der Waals surface area contributed by atoms with E-state index >= 15 is 0 Å². The number of carbonyl (C=O) groups is 1. The van der Waals surface area contributed by atoms with Crippen molar-refractivity contribution in [1.82, 2.24) is 10.4 Å². The fourth-order valence-corrected chi connectivity index (χ4v) is 5.05. The number of anilines is 1. The lowest BCUT2D eigenvalue weighted by Gasteiger charge is -2.36. The van der Waals surface area contributed by atoms with E-state index in [0.717, 1.165) is 44.6 Å². The summed E-state index contributed by atoms with van der Waals surface area (Å²) in [5.41, 5.74) is 7.71. The predicted octanol–water partition coefficient (Wildman–Crippen LogP) is 6.71. The quantitative estimate of drug-likeness (QED) is 0.185. The molecule has 1 saturated heterocycles. The molecule has 1 heterocycles. The Bertz CT molecular complexity index is 1070. The zero-order valence-electron chi connectivity index (χ0n) is 25.3. The van der Waals surface area contributed by atoms with E-state index in [9.17, 15) is 4.79 Å².